The maximum Gasteiger partial charge on any atom is 0.248 e. The van der Waals surface area contributed by atoms with Gasteiger partial charge < -0.3 is 11.1 Å². The molecule has 8 heteroatoms. The second-order valence-electron chi connectivity index (χ2n) is 7.73. The number of halogens is 2. The fourth-order valence-corrected chi connectivity index (χ4v) is 3.90. The van der Waals surface area contributed by atoms with Crippen molar-refractivity contribution in [2.75, 3.05) is 11.9 Å². The van der Waals surface area contributed by atoms with E-state index in [2.05, 4.69) is 20.5 Å². The van der Waals surface area contributed by atoms with Gasteiger partial charge in [-0.15, -0.1) is 10.2 Å². The molecule has 1 aliphatic rings. The molecule has 0 atom stereocenters. The van der Waals surface area contributed by atoms with Gasteiger partial charge in [0.2, 0.25) is 5.91 Å². The molecule has 30 heavy (non-hydrogen) atoms. The van der Waals surface area contributed by atoms with Gasteiger partial charge in [0, 0.05) is 29.3 Å². The van der Waals surface area contributed by atoms with E-state index in [0.29, 0.717) is 23.6 Å². The molecule has 6 nitrogen and oxygen atoms in total. The van der Waals surface area contributed by atoms with E-state index < -0.39 is 23.3 Å². The average Bonchev–Trinajstić information content (AvgIpc) is 2.70. The molecule has 1 saturated carbocycles. The number of rotatable bonds is 6. The summed E-state index contributed by atoms with van der Waals surface area (Å²) in [5, 5.41) is 11.5. The van der Waals surface area contributed by atoms with E-state index in [4.69, 9.17) is 5.73 Å². The van der Waals surface area contributed by atoms with Crippen molar-refractivity contribution in [2.24, 2.45) is 5.73 Å². The summed E-state index contributed by atoms with van der Waals surface area (Å²) in [6, 6.07) is 11.6. The Kier molecular flexibility index (Phi) is 5.15. The highest BCUT2D eigenvalue weighted by Crippen LogP contribution is 2.45. The number of carbonyl (C=O) groups excluding carboxylic acids is 1. The fraction of sp³-hybridized carbons (Fsp3) is 0.273. The highest BCUT2D eigenvalue weighted by molar-refractivity contribution is 5.94. The molecule has 2 heterocycles. The van der Waals surface area contributed by atoms with Gasteiger partial charge in [0.1, 0.15) is 17.8 Å². The van der Waals surface area contributed by atoms with Crippen LogP contribution in [0.5, 0.6) is 0 Å². The molecule has 0 radical (unpaired) electrons. The van der Waals surface area contributed by atoms with Crippen molar-refractivity contribution in [3.8, 4) is 11.3 Å². The first kappa shape index (κ1) is 19.9. The maximum absolute atomic E-state index is 14.2. The van der Waals surface area contributed by atoms with Gasteiger partial charge in [-0.3, -0.25) is 9.78 Å². The predicted molar refractivity (Wildman–Crippen MR) is 109 cm³/mol. The molecular formula is C22H21F2N5O. The smallest absolute Gasteiger partial charge is 0.248 e. The molecule has 3 aromatic rings. The van der Waals surface area contributed by atoms with Crippen LogP contribution in [0.15, 0.2) is 48.7 Å². The Hall–Kier alpha value is -3.42. The normalized spacial score (nSPS) is 20.4. The molecule has 3 N–H and O–H groups in total. The number of hydrogen-bond donors (Lipinski definition) is 2. The standard InChI is InChI=1S/C22H21F2N5O/c1-13-7-14(9-15(8-13)21(25)30)18-4-5-19(29-28-18)27-12-22(10-16(23)11-22)20-17(24)3-2-6-26-20/h2-9,16H,10-12H2,1H3,(H2,25,30)(H,27,29)/t16-,22-. The monoisotopic (exact) mass is 409 g/mol. The summed E-state index contributed by atoms with van der Waals surface area (Å²) < 4.78 is 27.9. The minimum atomic E-state index is -0.970. The highest BCUT2D eigenvalue weighted by Gasteiger charge is 2.48. The van der Waals surface area contributed by atoms with Crippen molar-refractivity contribution in [1.82, 2.24) is 15.2 Å². The van der Waals surface area contributed by atoms with Crippen LogP contribution in [0, 0.1) is 12.7 Å². The maximum atomic E-state index is 14.2. The topological polar surface area (TPSA) is 93.8 Å². The summed E-state index contributed by atoms with van der Waals surface area (Å²) in [6.45, 7) is 2.16. The number of benzene rings is 1. The van der Waals surface area contributed by atoms with Crippen LogP contribution >= 0.6 is 0 Å². The molecule has 0 bridgehead atoms. The molecule has 0 aliphatic heterocycles. The van der Waals surface area contributed by atoms with Crippen LogP contribution in [0.25, 0.3) is 11.3 Å². The van der Waals surface area contributed by atoms with E-state index in [1.165, 1.54) is 18.3 Å². The van der Waals surface area contributed by atoms with Gasteiger partial charge in [0.05, 0.1) is 11.4 Å². The second-order valence-corrected chi connectivity index (χ2v) is 7.73. The Bertz CT molecular complexity index is 1080. The third-order valence-electron chi connectivity index (χ3n) is 5.42. The van der Waals surface area contributed by atoms with Gasteiger partial charge in [-0.05, 0) is 67.8 Å². The average molecular weight is 409 g/mol. The number of nitrogens with two attached hydrogens (primary N) is 1. The van der Waals surface area contributed by atoms with Gasteiger partial charge >= 0.3 is 0 Å². The van der Waals surface area contributed by atoms with Crippen LogP contribution in [-0.4, -0.2) is 33.8 Å². The third-order valence-corrected chi connectivity index (χ3v) is 5.42. The number of pyridine rings is 1. The van der Waals surface area contributed by atoms with Gasteiger partial charge in [0.15, 0.2) is 0 Å². The van der Waals surface area contributed by atoms with Crippen LogP contribution in [0.4, 0.5) is 14.6 Å². The van der Waals surface area contributed by atoms with Gasteiger partial charge in [-0.1, -0.05) is 0 Å². The van der Waals surface area contributed by atoms with Crippen LogP contribution in [-0.2, 0) is 5.41 Å². The summed E-state index contributed by atoms with van der Waals surface area (Å²) in [5.41, 5.74) is 7.55. The highest BCUT2D eigenvalue weighted by atomic mass is 19.1. The Morgan fingerprint density at radius 1 is 1.23 bits per heavy atom. The van der Waals surface area contributed by atoms with Crippen LogP contribution in [0.2, 0.25) is 0 Å². The predicted octanol–water partition coefficient (Wildman–Crippen LogP) is 3.57. The molecule has 0 saturated heterocycles. The van der Waals surface area contributed by atoms with E-state index in [1.807, 2.05) is 13.0 Å². The number of nitrogens with zero attached hydrogens (tertiary/aromatic N) is 3. The summed E-state index contributed by atoms with van der Waals surface area (Å²) in [6.07, 6.45) is 0.960. The lowest BCUT2D eigenvalue weighted by atomic mass is 9.65. The Morgan fingerprint density at radius 2 is 2.03 bits per heavy atom. The quantitative estimate of drug-likeness (QED) is 0.649. The number of primary amides is 1. The number of anilines is 1. The van der Waals surface area contributed by atoms with E-state index in [-0.39, 0.29) is 18.5 Å². The van der Waals surface area contributed by atoms with Crippen molar-refractivity contribution in [2.45, 2.75) is 31.4 Å². The van der Waals surface area contributed by atoms with Crippen molar-refractivity contribution < 1.29 is 13.6 Å². The number of nitrogens with one attached hydrogen (secondary N) is 1. The zero-order chi connectivity index (χ0) is 21.3. The second kappa shape index (κ2) is 7.78. The summed E-state index contributed by atoms with van der Waals surface area (Å²) >= 11 is 0. The summed E-state index contributed by atoms with van der Waals surface area (Å²) in [4.78, 5) is 15.6. The minimum absolute atomic E-state index is 0.207. The zero-order valence-corrected chi connectivity index (χ0v) is 16.4. The molecule has 154 valence electrons. The number of aromatic nitrogens is 3. The van der Waals surface area contributed by atoms with E-state index in [0.717, 1.165) is 11.1 Å². The lowest BCUT2D eigenvalue weighted by Crippen LogP contribution is -2.49. The molecule has 1 fully saturated rings. The van der Waals surface area contributed by atoms with E-state index in [1.54, 1.807) is 24.3 Å². The molecule has 1 amide bonds. The summed E-state index contributed by atoms with van der Waals surface area (Å²) in [7, 11) is 0. The lowest BCUT2D eigenvalue weighted by Gasteiger charge is -2.44. The molecule has 0 unspecified atom stereocenters. The zero-order valence-electron chi connectivity index (χ0n) is 16.4. The lowest BCUT2D eigenvalue weighted by molar-refractivity contribution is 0.0963. The van der Waals surface area contributed by atoms with Crippen molar-refractivity contribution in [1.29, 1.82) is 0 Å². The molecule has 0 spiro atoms. The van der Waals surface area contributed by atoms with Crippen LogP contribution in [0.1, 0.15) is 34.5 Å². The SMILES string of the molecule is Cc1cc(C(N)=O)cc(-c2ccc(NC[C@]3(c4ncccc4F)C[C@H](F)C3)nn2)c1. The van der Waals surface area contributed by atoms with Crippen molar-refractivity contribution >= 4 is 11.7 Å². The number of carbonyl (C=O) groups is 1. The first-order chi connectivity index (χ1) is 14.4. The van der Waals surface area contributed by atoms with E-state index >= 15 is 0 Å². The van der Waals surface area contributed by atoms with Crippen LogP contribution < -0.4 is 11.1 Å². The molecular weight excluding hydrogens is 388 g/mol. The fourth-order valence-electron chi connectivity index (χ4n) is 3.90. The largest absolute Gasteiger partial charge is 0.368 e. The van der Waals surface area contributed by atoms with Crippen LogP contribution in [0.3, 0.4) is 0 Å². The minimum Gasteiger partial charge on any atom is -0.368 e. The van der Waals surface area contributed by atoms with E-state index in [9.17, 15) is 13.6 Å². The first-order valence-corrected chi connectivity index (χ1v) is 9.61. The Balaban J connectivity index is 1.51. The molecule has 1 aliphatic carbocycles. The summed E-state index contributed by atoms with van der Waals surface area (Å²) in [5.74, 6) is -0.457. The number of aryl methyl sites for hydroxylation is 1. The van der Waals surface area contributed by atoms with Gasteiger partial charge in [0.25, 0.3) is 0 Å². The third kappa shape index (κ3) is 3.85. The van der Waals surface area contributed by atoms with Gasteiger partial charge in [-0.2, -0.15) is 0 Å². The Morgan fingerprint density at radius 3 is 2.67 bits per heavy atom. The number of amides is 1. The van der Waals surface area contributed by atoms with Gasteiger partial charge in [-0.25, -0.2) is 8.78 Å². The molecule has 1 aromatic carbocycles. The Labute approximate surface area is 172 Å². The van der Waals surface area contributed by atoms with Crippen molar-refractivity contribution in [3.63, 3.8) is 0 Å². The molecule has 4 rings (SSSR count). The first-order valence-electron chi connectivity index (χ1n) is 9.61. The number of hydrogen-bond acceptors (Lipinski definition) is 5. The molecule has 2 aromatic heterocycles. The van der Waals surface area contributed by atoms with Crippen molar-refractivity contribution in [3.05, 3.63) is 71.3 Å². The number of alkyl halides is 1.